The largest absolute Gasteiger partial charge is 0.379 e. The summed E-state index contributed by atoms with van der Waals surface area (Å²) >= 11 is 0. The summed E-state index contributed by atoms with van der Waals surface area (Å²) in [5.41, 5.74) is 0. The van der Waals surface area contributed by atoms with E-state index in [1.165, 1.54) is 0 Å². The molecule has 2 saturated heterocycles. The van der Waals surface area contributed by atoms with Gasteiger partial charge in [-0.05, 0) is 0 Å². The fourth-order valence-corrected chi connectivity index (χ4v) is 1.65. The lowest BCUT2D eigenvalue weighted by Gasteiger charge is -2.31. The zero-order valence-electron chi connectivity index (χ0n) is 6.25. The Morgan fingerprint density at radius 3 is 3.27 bits per heavy atom. The van der Waals surface area contributed by atoms with Crippen molar-refractivity contribution in [3.05, 3.63) is 0 Å². The molecule has 0 aliphatic carbocycles. The lowest BCUT2D eigenvalue weighted by atomic mass is 10.0. The zero-order valence-corrected chi connectivity index (χ0v) is 6.25. The van der Waals surface area contributed by atoms with E-state index in [1.807, 2.05) is 6.41 Å². The molecule has 2 aliphatic heterocycles. The molecule has 2 unspecified atom stereocenters. The SMILES string of the molecule is O=[C]N1CNC2COCC2C1. The van der Waals surface area contributed by atoms with E-state index in [2.05, 4.69) is 5.32 Å². The van der Waals surface area contributed by atoms with E-state index in [9.17, 15) is 4.79 Å². The highest BCUT2D eigenvalue weighted by Crippen LogP contribution is 2.17. The standard InChI is InChI=1S/C7H11N2O2/c10-5-9-1-6-2-11-3-7(6)8-4-9/h6-8H,1-4H2. The van der Waals surface area contributed by atoms with Crippen molar-refractivity contribution in [1.82, 2.24) is 10.2 Å². The molecule has 1 amide bonds. The second-order valence-corrected chi connectivity index (χ2v) is 3.08. The van der Waals surface area contributed by atoms with Gasteiger partial charge in [0, 0.05) is 18.5 Å². The van der Waals surface area contributed by atoms with Crippen LogP contribution in [0.3, 0.4) is 0 Å². The summed E-state index contributed by atoms with van der Waals surface area (Å²) in [7, 11) is 0. The van der Waals surface area contributed by atoms with Gasteiger partial charge in [-0.2, -0.15) is 0 Å². The highest BCUT2D eigenvalue weighted by Gasteiger charge is 2.33. The smallest absolute Gasteiger partial charge is 0.313 e. The Morgan fingerprint density at radius 1 is 1.55 bits per heavy atom. The molecule has 1 N–H and O–H groups in total. The third-order valence-electron chi connectivity index (χ3n) is 2.33. The van der Waals surface area contributed by atoms with Crippen LogP contribution in [0.15, 0.2) is 0 Å². The Balaban J connectivity index is 1.96. The Labute approximate surface area is 65.5 Å². The number of nitrogens with zero attached hydrogens (tertiary/aromatic N) is 1. The van der Waals surface area contributed by atoms with Crippen LogP contribution in [-0.4, -0.2) is 43.8 Å². The van der Waals surface area contributed by atoms with Crippen LogP contribution in [-0.2, 0) is 9.53 Å². The number of amides is 1. The fraction of sp³-hybridized carbons (Fsp3) is 0.857. The highest BCUT2D eigenvalue weighted by atomic mass is 16.5. The zero-order chi connectivity index (χ0) is 7.68. The van der Waals surface area contributed by atoms with E-state index < -0.39 is 0 Å². The molecule has 0 bridgehead atoms. The normalized spacial score (nSPS) is 36.9. The first-order valence-electron chi connectivity index (χ1n) is 3.84. The summed E-state index contributed by atoms with van der Waals surface area (Å²) in [6.45, 7) is 2.97. The number of carbonyl (C=O) groups excluding carboxylic acids is 1. The van der Waals surface area contributed by atoms with Crippen molar-refractivity contribution in [1.29, 1.82) is 0 Å². The van der Waals surface area contributed by atoms with E-state index >= 15 is 0 Å². The molecule has 2 atom stereocenters. The van der Waals surface area contributed by atoms with Crippen LogP contribution in [0, 0.1) is 5.92 Å². The van der Waals surface area contributed by atoms with Crippen LogP contribution in [0.5, 0.6) is 0 Å². The van der Waals surface area contributed by atoms with Gasteiger partial charge in [-0.25, -0.2) is 0 Å². The molecule has 2 rings (SSSR count). The van der Waals surface area contributed by atoms with E-state index in [1.54, 1.807) is 4.90 Å². The molecular formula is C7H11N2O2. The molecule has 0 saturated carbocycles. The van der Waals surface area contributed by atoms with Crippen molar-refractivity contribution in [2.24, 2.45) is 5.92 Å². The summed E-state index contributed by atoms with van der Waals surface area (Å²) < 4.78 is 5.27. The van der Waals surface area contributed by atoms with E-state index in [0.717, 1.165) is 19.8 Å². The van der Waals surface area contributed by atoms with Gasteiger partial charge in [0.2, 0.25) is 0 Å². The maximum absolute atomic E-state index is 10.3. The molecule has 0 spiro atoms. The summed E-state index contributed by atoms with van der Waals surface area (Å²) in [6, 6.07) is 0.458. The molecule has 2 heterocycles. The second kappa shape index (κ2) is 2.79. The van der Waals surface area contributed by atoms with Gasteiger partial charge in [0.1, 0.15) is 0 Å². The summed E-state index contributed by atoms with van der Waals surface area (Å²) in [4.78, 5) is 11.9. The minimum absolute atomic E-state index is 0.458. The van der Waals surface area contributed by atoms with E-state index in [0.29, 0.717) is 18.6 Å². The molecule has 61 valence electrons. The Kier molecular flexibility index (Phi) is 1.79. The monoisotopic (exact) mass is 155 g/mol. The lowest BCUT2D eigenvalue weighted by Crippen LogP contribution is -2.52. The first-order valence-corrected chi connectivity index (χ1v) is 3.84. The third-order valence-corrected chi connectivity index (χ3v) is 2.33. The second-order valence-electron chi connectivity index (χ2n) is 3.08. The maximum atomic E-state index is 10.3. The predicted octanol–water partition coefficient (Wildman–Crippen LogP) is -1.07. The third kappa shape index (κ3) is 1.23. The summed E-state index contributed by atoms with van der Waals surface area (Å²) in [6.07, 6.45) is 1.88. The van der Waals surface area contributed by atoms with Crippen molar-refractivity contribution < 1.29 is 9.53 Å². The van der Waals surface area contributed by atoms with Crippen molar-refractivity contribution >= 4 is 6.41 Å². The molecule has 2 fully saturated rings. The predicted molar refractivity (Wildman–Crippen MR) is 38.5 cm³/mol. The summed E-state index contributed by atoms with van der Waals surface area (Å²) in [5, 5.41) is 3.22. The van der Waals surface area contributed by atoms with E-state index in [-0.39, 0.29) is 0 Å². The first kappa shape index (κ1) is 7.06. The van der Waals surface area contributed by atoms with Gasteiger partial charge < -0.3 is 9.64 Å². The van der Waals surface area contributed by atoms with Crippen molar-refractivity contribution in [3.8, 4) is 0 Å². The quantitative estimate of drug-likeness (QED) is 0.524. The molecule has 11 heavy (non-hydrogen) atoms. The van der Waals surface area contributed by atoms with Gasteiger partial charge in [0.25, 0.3) is 0 Å². The molecule has 0 aromatic rings. The van der Waals surface area contributed by atoms with Crippen LogP contribution in [0.1, 0.15) is 0 Å². The van der Waals surface area contributed by atoms with E-state index in [4.69, 9.17) is 4.74 Å². The maximum Gasteiger partial charge on any atom is 0.313 e. The number of nitrogens with one attached hydrogen (secondary N) is 1. The number of hydrogen-bond acceptors (Lipinski definition) is 3. The average molecular weight is 155 g/mol. The molecule has 0 aromatic heterocycles. The van der Waals surface area contributed by atoms with Crippen LogP contribution in [0.2, 0.25) is 0 Å². The van der Waals surface area contributed by atoms with Crippen molar-refractivity contribution in [3.63, 3.8) is 0 Å². The number of ether oxygens (including phenoxy) is 1. The highest BCUT2D eigenvalue weighted by molar-refractivity contribution is 5.48. The molecule has 1 radical (unpaired) electrons. The lowest BCUT2D eigenvalue weighted by molar-refractivity contribution is 0.181. The van der Waals surface area contributed by atoms with Crippen molar-refractivity contribution in [2.75, 3.05) is 26.4 Å². The van der Waals surface area contributed by atoms with Gasteiger partial charge >= 0.3 is 6.41 Å². The van der Waals surface area contributed by atoms with Crippen LogP contribution < -0.4 is 5.32 Å². The van der Waals surface area contributed by atoms with Gasteiger partial charge in [0.05, 0.1) is 19.9 Å². The number of hydrogen-bond donors (Lipinski definition) is 1. The fourth-order valence-electron chi connectivity index (χ4n) is 1.65. The molecule has 4 nitrogen and oxygen atoms in total. The van der Waals surface area contributed by atoms with Crippen LogP contribution >= 0.6 is 0 Å². The molecule has 0 aromatic carbocycles. The molecule has 2 aliphatic rings. The van der Waals surface area contributed by atoms with Crippen LogP contribution in [0.25, 0.3) is 0 Å². The van der Waals surface area contributed by atoms with Gasteiger partial charge in [-0.1, -0.05) is 0 Å². The van der Waals surface area contributed by atoms with Crippen molar-refractivity contribution in [2.45, 2.75) is 6.04 Å². The number of rotatable bonds is 1. The Hall–Kier alpha value is -0.610. The Bertz CT molecular complexity index is 163. The first-order chi connectivity index (χ1) is 5.40. The summed E-state index contributed by atoms with van der Waals surface area (Å²) in [5.74, 6) is 0.477. The van der Waals surface area contributed by atoms with Crippen LogP contribution in [0.4, 0.5) is 0 Å². The average Bonchev–Trinajstić information content (AvgIpc) is 2.50. The number of fused-ring (bicyclic) bond motifs is 1. The minimum atomic E-state index is 0.458. The van der Waals surface area contributed by atoms with Gasteiger partial charge in [-0.15, -0.1) is 0 Å². The van der Waals surface area contributed by atoms with Gasteiger partial charge in [-0.3, -0.25) is 10.1 Å². The minimum Gasteiger partial charge on any atom is -0.379 e. The molecular weight excluding hydrogens is 144 g/mol. The van der Waals surface area contributed by atoms with Gasteiger partial charge in [0.15, 0.2) is 0 Å². The molecule has 4 heteroatoms. The Morgan fingerprint density at radius 2 is 2.45 bits per heavy atom. The topological polar surface area (TPSA) is 41.6 Å².